The fourth-order valence-corrected chi connectivity index (χ4v) is 3.04. The van der Waals surface area contributed by atoms with Gasteiger partial charge in [-0.25, -0.2) is 0 Å². The van der Waals surface area contributed by atoms with Crippen LogP contribution in [0.3, 0.4) is 0 Å². The average molecular weight is 373 g/mol. The van der Waals surface area contributed by atoms with Crippen molar-refractivity contribution in [1.82, 2.24) is 0 Å². The van der Waals surface area contributed by atoms with Crippen LogP contribution in [0, 0.1) is 6.92 Å². The monoisotopic (exact) mass is 372 g/mol. The normalized spacial score (nSPS) is 11.2. The number of nitrogens with zero attached hydrogens (tertiary/aromatic N) is 1. The third kappa shape index (κ3) is 4.85. The molecule has 0 bridgehead atoms. The average Bonchev–Trinajstić information content (AvgIpc) is 2.54. The lowest BCUT2D eigenvalue weighted by atomic mass is 9.85. The number of benzene rings is 2. The molecule has 0 atom stereocenters. The fraction of sp³-hybridized carbons (Fsp3) is 0.333. The van der Waals surface area contributed by atoms with Crippen molar-refractivity contribution >= 4 is 34.8 Å². The minimum Gasteiger partial charge on any atom is -0.324 e. The number of aryl methyl sites for hydroxylation is 1. The van der Waals surface area contributed by atoms with Gasteiger partial charge >= 0.3 is 0 Å². The Balaban J connectivity index is 2.27. The highest BCUT2D eigenvalue weighted by Gasteiger charge is 2.24. The second-order valence-electron chi connectivity index (χ2n) is 7.38. The van der Waals surface area contributed by atoms with Crippen LogP contribution < -0.4 is 10.2 Å². The molecule has 2 amide bonds. The number of carbonyl (C=O) groups is 2. The topological polar surface area (TPSA) is 49.4 Å². The number of amides is 2. The molecule has 0 aliphatic heterocycles. The van der Waals surface area contributed by atoms with E-state index in [0.29, 0.717) is 10.7 Å². The molecule has 0 saturated carbocycles. The summed E-state index contributed by atoms with van der Waals surface area (Å²) in [5.41, 5.74) is 3.19. The van der Waals surface area contributed by atoms with Crippen molar-refractivity contribution in [2.75, 3.05) is 16.8 Å². The van der Waals surface area contributed by atoms with Crippen LogP contribution in [0.4, 0.5) is 11.4 Å². The molecule has 2 aromatic rings. The maximum atomic E-state index is 12.6. The molecule has 0 heterocycles. The Morgan fingerprint density at radius 2 is 1.77 bits per heavy atom. The Bertz CT molecular complexity index is 825. The van der Waals surface area contributed by atoms with Gasteiger partial charge in [0.05, 0.1) is 0 Å². The Morgan fingerprint density at radius 1 is 1.12 bits per heavy atom. The van der Waals surface area contributed by atoms with Gasteiger partial charge in [0.15, 0.2) is 0 Å². The van der Waals surface area contributed by atoms with Crippen molar-refractivity contribution < 1.29 is 9.59 Å². The molecule has 138 valence electrons. The van der Waals surface area contributed by atoms with Gasteiger partial charge < -0.3 is 10.2 Å². The van der Waals surface area contributed by atoms with E-state index >= 15 is 0 Å². The Morgan fingerprint density at radius 3 is 2.35 bits per heavy atom. The first-order chi connectivity index (χ1) is 12.1. The van der Waals surface area contributed by atoms with E-state index in [0.717, 1.165) is 16.8 Å². The van der Waals surface area contributed by atoms with Crippen LogP contribution in [0.25, 0.3) is 0 Å². The summed E-state index contributed by atoms with van der Waals surface area (Å²) < 4.78 is 0. The van der Waals surface area contributed by atoms with Crippen molar-refractivity contribution in [2.24, 2.45) is 0 Å². The van der Waals surface area contributed by atoms with Crippen molar-refractivity contribution in [3.8, 4) is 0 Å². The van der Waals surface area contributed by atoms with Gasteiger partial charge in [-0.05, 0) is 47.7 Å². The molecular weight excluding hydrogens is 348 g/mol. The van der Waals surface area contributed by atoms with Crippen LogP contribution in [0.2, 0.25) is 5.02 Å². The van der Waals surface area contributed by atoms with E-state index in [-0.39, 0.29) is 23.8 Å². The van der Waals surface area contributed by atoms with Crippen LogP contribution in [0.1, 0.15) is 38.8 Å². The molecule has 0 unspecified atom stereocenters. The Kier molecular flexibility index (Phi) is 6.09. The zero-order valence-corrected chi connectivity index (χ0v) is 16.6. The van der Waals surface area contributed by atoms with Crippen LogP contribution in [-0.2, 0) is 15.0 Å². The molecule has 5 heteroatoms. The van der Waals surface area contributed by atoms with E-state index in [9.17, 15) is 9.59 Å². The number of anilines is 2. The first-order valence-electron chi connectivity index (χ1n) is 8.53. The Hall–Kier alpha value is -2.33. The number of carbonyl (C=O) groups excluding carboxylic acids is 2. The summed E-state index contributed by atoms with van der Waals surface area (Å²) in [6.45, 7) is 9.55. The minimum absolute atomic E-state index is 0.0511. The van der Waals surface area contributed by atoms with Crippen molar-refractivity contribution in [3.05, 3.63) is 58.6 Å². The van der Waals surface area contributed by atoms with Gasteiger partial charge in [-0.2, -0.15) is 0 Å². The molecule has 0 spiro atoms. The van der Waals surface area contributed by atoms with E-state index in [4.69, 9.17) is 11.6 Å². The molecule has 4 nitrogen and oxygen atoms in total. The van der Waals surface area contributed by atoms with Crippen molar-refractivity contribution in [3.63, 3.8) is 0 Å². The summed E-state index contributed by atoms with van der Waals surface area (Å²) in [7, 11) is 0. The molecule has 0 aliphatic carbocycles. The van der Waals surface area contributed by atoms with Crippen LogP contribution in [0.15, 0.2) is 42.5 Å². The SMILES string of the molecule is CC(=O)N(CC(=O)Nc1ccc(Cl)cc1C)c1ccccc1C(C)(C)C. The Labute approximate surface area is 160 Å². The number of hydrogen-bond acceptors (Lipinski definition) is 2. The van der Waals surface area contributed by atoms with E-state index < -0.39 is 0 Å². The predicted molar refractivity (Wildman–Crippen MR) is 108 cm³/mol. The summed E-state index contributed by atoms with van der Waals surface area (Å²) in [6.07, 6.45) is 0. The lowest BCUT2D eigenvalue weighted by molar-refractivity contribution is -0.120. The highest BCUT2D eigenvalue weighted by Crippen LogP contribution is 2.32. The van der Waals surface area contributed by atoms with Gasteiger partial charge in [-0.1, -0.05) is 50.6 Å². The van der Waals surface area contributed by atoms with Crippen LogP contribution in [-0.4, -0.2) is 18.4 Å². The summed E-state index contributed by atoms with van der Waals surface area (Å²) in [4.78, 5) is 26.3. The van der Waals surface area contributed by atoms with Gasteiger partial charge in [0, 0.05) is 23.3 Å². The zero-order valence-electron chi connectivity index (χ0n) is 15.9. The third-order valence-corrected chi connectivity index (χ3v) is 4.38. The van der Waals surface area contributed by atoms with Crippen LogP contribution >= 0.6 is 11.6 Å². The molecule has 0 fully saturated rings. The van der Waals surface area contributed by atoms with Gasteiger partial charge in [-0.15, -0.1) is 0 Å². The van der Waals surface area contributed by atoms with Crippen LogP contribution in [0.5, 0.6) is 0 Å². The molecule has 2 aromatic carbocycles. The summed E-state index contributed by atoms with van der Waals surface area (Å²) in [5.74, 6) is -0.431. The quantitative estimate of drug-likeness (QED) is 0.826. The summed E-state index contributed by atoms with van der Waals surface area (Å²) in [6, 6.07) is 13.0. The highest BCUT2D eigenvalue weighted by molar-refractivity contribution is 6.30. The molecule has 2 rings (SSSR count). The first-order valence-corrected chi connectivity index (χ1v) is 8.91. The second-order valence-corrected chi connectivity index (χ2v) is 7.82. The maximum absolute atomic E-state index is 12.6. The number of nitrogens with one attached hydrogen (secondary N) is 1. The van der Waals surface area contributed by atoms with E-state index in [1.807, 2.05) is 31.2 Å². The highest BCUT2D eigenvalue weighted by atomic mass is 35.5. The number of hydrogen-bond donors (Lipinski definition) is 1. The van der Waals surface area contributed by atoms with Gasteiger partial charge in [-0.3, -0.25) is 9.59 Å². The third-order valence-electron chi connectivity index (χ3n) is 4.15. The van der Waals surface area contributed by atoms with Gasteiger partial charge in [0.1, 0.15) is 6.54 Å². The largest absolute Gasteiger partial charge is 0.324 e. The number of para-hydroxylation sites is 1. The summed E-state index contributed by atoms with van der Waals surface area (Å²) >= 11 is 5.95. The maximum Gasteiger partial charge on any atom is 0.244 e. The molecule has 0 radical (unpaired) electrons. The molecule has 26 heavy (non-hydrogen) atoms. The van der Waals surface area contributed by atoms with Gasteiger partial charge in [0.25, 0.3) is 0 Å². The van der Waals surface area contributed by atoms with E-state index in [1.54, 1.807) is 18.2 Å². The van der Waals surface area contributed by atoms with E-state index in [1.165, 1.54) is 11.8 Å². The molecule has 0 aliphatic rings. The summed E-state index contributed by atoms with van der Waals surface area (Å²) in [5, 5.41) is 3.47. The second kappa shape index (κ2) is 7.92. The smallest absolute Gasteiger partial charge is 0.244 e. The molecule has 0 aromatic heterocycles. The van der Waals surface area contributed by atoms with E-state index in [2.05, 4.69) is 26.1 Å². The van der Waals surface area contributed by atoms with Crippen molar-refractivity contribution in [1.29, 1.82) is 0 Å². The van der Waals surface area contributed by atoms with Crippen molar-refractivity contribution in [2.45, 2.75) is 40.0 Å². The fourth-order valence-electron chi connectivity index (χ4n) is 2.81. The molecule has 0 saturated heterocycles. The molecular formula is C21H25ClN2O2. The number of rotatable bonds is 4. The lowest BCUT2D eigenvalue weighted by Gasteiger charge is -2.29. The zero-order chi connectivity index (χ0) is 19.5. The number of halogens is 1. The minimum atomic E-state index is -0.255. The predicted octanol–water partition coefficient (Wildman–Crippen LogP) is 4.94. The molecule has 1 N–H and O–H groups in total. The first kappa shape index (κ1) is 20.0. The van der Waals surface area contributed by atoms with Gasteiger partial charge in [0.2, 0.25) is 11.8 Å². The lowest BCUT2D eigenvalue weighted by Crippen LogP contribution is -2.38. The standard InChI is InChI=1S/C21H25ClN2O2/c1-14-12-16(22)10-11-18(14)23-20(26)13-24(15(2)25)19-9-7-6-8-17(19)21(3,4)5/h6-12H,13H2,1-5H3,(H,23,26).